The van der Waals surface area contributed by atoms with Crippen LogP contribution in [0, 0.1) is 6.92 Å². The van der Waals surface area contributed by atoms with Crippen molar-refractivity contribution in [2.75, 3.05) is 11.1 Å². The van der Waals surface area contributed by atoms with Crippen molar-refractivity contribution in [3.8, 4) is 0 Å². The van der Waals surface area contributed by atoms with E-state index in [0.29, 0.717) is 21.4 Å². The summed E-state index contributed by atoms with van der Waals surface area (Å²) in [4.78, 5) is 8.25. The average molecular weight is 314 g/mol. The second kappa shape index (κ2) is 4.89. The summed E-state index contributed by atoms with van der Waals surface area (Å²) in [5, 5.41) is 3.68. The van der Waals surface area contributed by atoms with Crippen LogP contribution in [0.5, 0.6) is 0 Å². The van der Waals surface area contributed by atoms with E-state index in [9.17, 15) is 0 Å². The molecule has 0 aliphatic heterocycles. The number of aromatic nitrogens is 2. The Bertz CT molecular complexity index is 519. The van der Waals surface area contributed by atoms with Gasteiger partial charge in [-0.1, -0.05) is 23.7 Å². The van der Waals surface area contributed by atoms with Gasteiger partial charge in [-0.15, -0.1) is 0 Å². The molecule has 1 aromatic carbocycles. The van der Waals surface area contributed by atoms with Gasteiger partial charge < -0.3 is 11.1 Å². The summed E-state index contributed by atoms with van der Waals surface area (Å²) >= 11 is 9.36. The lowest BCUT2D eigenvalue weighted by molar-refractivity contribution is 1.14. The van der Waals surface area contributed by atoms with E-state index in [1.54, 1.807) is 12.1 Å². The molecule has 0 saturated carbocycles. The van der Waals surface area contributed by atoms with Crippen molar-refractivity contribution in [3.63, 3.8) is 0 Å². The number of hydrogen-bond donors (Lipinski definition) is 2. The zero-order chi connectivity index (χ0) is 12.4. The minimum absolute atomic E-state index is 0.388. The van der Waals surface area contributed by atoms with E-state index in [2.05, 4.69) is 31.2 Å². The molecule has 0 atom stereocenters. The van der Waals surface area contributed by atoms with Gasteiger partial charge in [-0.2, -0.15) is 4.98 Å². The van der Waals surface area contributed by atoms with Gasteiger partial charge in [0.25, 0.3) is 0 Å². The molecule has 3 N–H and O–H groups in total. The molecule has 0 amide bonds. The maximum atomic E-state index is 6.10. The first kappa shape index (κ1) is 12.1. The molecule has 88 valence electrons. The summed E-state index contributed by atoms with van der Waals surface area (Å²) < 4.78 is 0.622. The number of nitrogens with zero attached hydrogens (tertiary/aromatic N) is 2. The predicted octanol–water partition coefficient (Wildman–Crippen LogP) is 3.53. The van der Waals surface area contributed by atoms with Crippen LogP contribution >= 0.6 is 27.5 Å². The normalized spacial score (nSPS) is 10.3. The summed E-state index contributed by atoms with van der Waals surface area (Å²) in [6, 6.07) is 7.28. The molecule has 6 heteroatoms. The van der Waals surface area contributed by atoms with E-state index >= 15 is 0 Å². The number of para-hydroxylation sites is 1. The molecule has 0 fully saturated rings. The van der Waals surface area contributed by atoms with Crippen molar-refractivity contribution >= 4 is 45.0 Å². The SMILES string of the molecule is Cc1cccc(Cl)c1Nc1nc(N)cc(Br)n1. The van der Waals surface area contributed by atoms with Crippen molar-refractivity contribution in [1.29, 1.82) is 0 Å². The number of rotatable bonds is 2. The summed E-state index contributed by atoms with van der Waals surface area (Å²) in [7, 11) is 0. The topological polar surface area (TPSA) is 63.8 Å². The molecule has 2 rings (SSSR count). The van der Waals surface area contributed by atoms with E-state index in [1.165, 1.54) is 0 Å². The first-order valence-electron chi connectivity index (χ1n) is 4.88. The Morgan fingerprint density at radius 1 is 1.35 bits per heavy atom. The molecule has 17 heavy (non-hydrogen) atoms. The Labute approximate surface area is 112 Å². The van der Waals surface area contributed by atoms with Crippen molar-refractivity contribution in [1.82, 2.24) is 9.97 Å². The Morgan fingerprint density at radius 3 is 2.76 bits per heavy atom. The van der Waals surface area contributed by atoms with Crippen LogP contribution in [-0.2, 0) is 0 Å². The summed E-state index contributed by atoms with van der Waals surface area (Å²) in [6.45, 7) is 1.95. The molecule has 0 aliphatic carbocycles. The molecule has 1 heterocycles. The first-order chi connectivity index (χ1) is 8.06. The highest BCUT2D eigenvalue weighted by atomic mass is 79.9. The van der Waals surface area contributed by atoms with Crippen LogP contribution in [0.1, 0.15) is 5.56 Å². The van der Waals surface area contributed by atoms with Crippen molar-refractivity contribution in [3.05, 3.63) is 39.5 Å². The molecule has 2 aromatic rings. The van der Waals surface area contributed by atoms with Gasteiger partial charge in [0.05, 0.1) is 10.7 Å². The van der Waals surface area contributed by atoms with Crippen LogP contribution in [-0.4, -0.2) is 9.97 Å². The van der Waals surface area contributed by atoms with Gasteiger partial charge in [0.15, 0.2) is 0 Å². The third-order valence-electron chi connectivity index (χ3n) is 2.17. The van der Waals surface area contributed by atoms with Gasteiger partial charge >= 0.3 is 0 Å². The molecule has 0 saturated heterocycles. The molecule has 0 unspecified atom stereocenters. The van der Waals surface area contributed by atoms with Crippen LogP contribution in [0.3, 0.4) is 0 Å². The standard InChI is InChI=1S/C11H10BrClN4/c1-6-3-2-4-7(13)10(6)17-11-15-8(12)5-9(14)16-11/h2-5H,1H3,(H3,14,15,16,17). The molecule has 1 aromatic heterocycles. The maximum Gasteiger partial charge on any atom is 0.230 e. The molecule has 0 spiro atoms. The number of hydrogen-bond acceptors (Lipinski definition) is 4. The third-order valence-corrected chi connectivity index (χ3v) is 2.89. The van der Waals surface area contributed by atoms with Crippen molar-refractivity contribution in [2.24, 2.45) is 0 Å². The van der Waals surface area contributed by atoms with E-state index in [1.807, 2.05) is 19.1 Å². The van der Waals surface area contributed by atoms with Gasteiger partial charge in [0, 0.05) is 6.07 Å². The fourth-order valence-electron chi connectivity index (χ4n) is 1.39. The number of nitrogens with two attached hydrogens (primary N) is 1. The van der Waals surface area contributed by atoms with Gasteiger partial charge in [-0.3, -0.25) is 0 Å². The van der Waals surface area contributed by atoms with Crippen LogP contribution in [0.2, 0.25) is 5.02 Å². The monoisotopic (exact) mass is 312 g/mol. The smallest absolute Gasteiger partial charge is 0.230 e. The largest absolute Gasteiger partial charge is 0.383 e. The number of nitrogens with one attached hydrogen (secondary N) is 1. The summed E-state index contributed by atoms with van der Waals surface area (Å²) in [5.41, 5.74) is 7.43. The molecule has 0 bridgehead atoms. The number of benzene rings is 1. The minimum atomic E-state index is 0.388. The number of halogens is 2. The molecule has 0 aliphatic rings. The highest BCUT2D eigenvalue weighted by Gasteiger charge is 2.06. The van der Waals surface area contributed by atoms with Gasteiger partial charge in [-0.05, 0) is 34.5 Å². The van der Waals surface area contributed by atoms with Crippen molar-refractivity contribution in [2.45, 2.75) is 6.92 Å². The highest BCUT2D eigenvalue weighted by Crippen LogP contribution is 2.28. The van der Waals surface area contributed by atoms with E-state index in [4.69, 9.17) is 17.3 Å². The lowest BCUT2D eigenvalue weighted by Crippen LogP contribution is -2.02. The highest BCUT2D eigenvalue weighted by molar-refractivity contribution is 9.10. The lowest BCUT2D eigenvalue weighted by atomic mass is 10.2. The Kier molecular flexibility index (Phi) is 3.49. The second-order valence-electron chi connectivity index (χ2n) is 3.50. The first-order valence-corrected chi connectivity index (χ1v) is 6.05. The van der Waals surface area contributed by atoms with E-state index < -0.39 is 0 Å². The van der Waals surface area contributed by atoms with E-state index in [0.717, 1.165) is 11.3 Å². The van der Waals surface area contributed by atoms with E-state index in [-0.39, 0.29) is 0 Å². The average Bonchev–Trinajstić information content (AvgIpc) is 2.22. The Balaban J connectivity index is 2.38. The Hall–Kier alpha value is -1.33. The predicted molar refractivity (Wildman–Crippen MR) is 73.6 cm³/mol. The van der Waals surface area contributed by atoms with Crippen molar-refractivity contribution < 1.29 is 0 Å². The van der Waals surface area contributed by atoms with Gasteiger partial charge in [0.1, 0.15) is 10.4 Å². The maximum absolute atomic E-state index is 6.10. The van der Waals surface area contributed by atoms with Crippen LogP contribution < -0.4 is 11.1 Å². The quantitative estimate of drug-likeness (QED) is 0.833. The fourth-order valence-corrected chi connectivity index (χ4v) is 2.06. The zero-order valence-electron chi connectivity index (χ0n) is 9.04. The van der Waals surface area contributed by atoms with Crippen LogP contribution in [0.4, 0.5) is 17.5 Å². The number of aryl methyl sites for hydroxylation is 1. The van der Waals surface area contributed by atoms with Gasteiger partial charge in [-0.25, -0.2) is 4.98 Å². The van der Waals surface area contributed by atoms with Gasteiger partial charge in [0.2, 0.25) is 5.95 Å². The number of anilines is 3. The second-order valence-corrected chi connectivity index (χ2v) is 4.72. The molecular weight excluding hydrogens is 304 g/mol. The lowest BCUT2D eigenvalue weighted by Gasteiger charge is -2.10. The summed E-state index contributed by atoms with van der Waals surface area (Å²) in [5.74, 6) is 0.798. The minimum Gasteiger partial charge on any atom is -0.383 e. The zero-order valence-corrected chi connectivity index (χ0v) is 11.4. The molecule has 0 radical (unpaired) electrons. The third kappa shape index (κ3) is 2.87. The fraction of sp³-hybridized carbons (Fsp3) is 0.0909. The number of nitrogen functional groups attached to an aromatic ring is 1. The Morgan fingerprint density at radius 2 is 2.12 bits per heavy atom. The molecule has 4 nitrogen and oxygen atoms in total. The summed E-state index contributed by atoms with van der Waals surface area (Å²) in [6.07, 6.45) is 0. The van der Waals surface area contributed by atoms with Crippen LogP contribution in [0.15, 0.2) is 28.9 Å². The van der Waals surface area contributed by atoms with Crippen LogP contribution in [0.25, 0.3) is 0 Å². The molecular formula is C11H10BrClN4.